The van der Waals surface area contributed by atoms with Crippen LogP contribution in [0.5, 0.6) is 5.75 Å². The van der Waals surface area contributed by atoms with Crippen LogP contribution in [0.15, 0.2) is 54.6 Å². The second-order valence-corrected chi connectivity index (χ2v) is 4.95. The molecule has 0 aromatic heterocycles. The molecule has 2 aromatic rings. The Morgan fingerprint density at radius 2 is 1.77 bits per heavy atom. The second-order valence-electron chi connectivity index (χ2n) is 4.95. The number of rotatable bonds is 7. The Labute approximate surface area is 147 Å². The molecule has 9 nitrogen and oxygen atoms in total. The molecule has 1 N–H and O–H groups in total. The number of nitro groups is 1. The quantitative estimate of drug-likeness (QED) is 0.348. The Hall–Kier alpha value is -3.75. The maximum atomic E-state index is 11.9. The lowest BCUT2D eigenvalue weighted by Gasteiger charge is -2.07. The van der Waals surface area contributed by atoms with Crippen LogP contribution in [0.1, 0.15) is 10.4 Å². The molecule has 9 heteroatoms. The highest BCUT2D eigenvalue weighted by Crippen LogP contribution is 2.13. The van der Waals surface area contributed by atoms with Crippen molar-refractivity contribution in [2.75, 3.05) is 13.2 Å². The Bertz CT molecular complexity index is 821. The van der Waals surface area contributed by atoms with Crippen molar-refractivity contribution in [1.82, 2.24) is 5.32 Å². The number of hydrogen-bond acceptors (Lipinski definition) is 7. The van der Waals surface area contributed by atoms with Crippen molar-refractivity contribution in [3.8, 4) is 5.75 Å². The van der Waals surface area contributed by atoms with Gasteiger partial charge in [0.15, 0.2) is 6.61 Å². The normalized spacial score (nSPS) is 9.85. The van der Waals surface area contributed by atoms with Gasteiger partial charge >= 0.3 is 12.1 Å². The van der Waals surface area contributed by atoms with Crippen LogP contribution >= 0.6 is 0 Å². The molecule has 2 aromatic carbocycles. The number of hydrogen-bond donors (Lipinski definition) is 1. The fourth-order valence-corrected chi connectivity index (χ4v) is 1.85. The smallest absolute Gasteiger partial charge is 0.413 e. The van der Waals surface area contributed by atoms with Gasteiger partial charge in [0, 0.05) is 17.7 Å². The highest BCUT2D eigenvalue weighted by Gasteiger charge is 2.14. The van der Waals surface area contributed by atoms with Gasteiger partial charge in [-0.05, 0) is 12.1 Å². The van der Waals surface area contributed by atoms with E-state index in [-0.39, 0.29) is 11.3 Å². The predicted octanol–water partition coefficient (Wildman–Crippen LogP) is 2.11. The van der Waals surface area contributed by atoms with Crippen molar-refractivity contribution in [1.29, 1.82) is 0 Å². The largest absolute Gasteiger partial charge is 0.456 e. The van der Waals surface area contributed by atoms with Crippen molar-refractivity contribution in [2.24, 2.45) is 0 Å². The van der Waals surface area contributed by atoms with Crippen LogP contribution in [0.25, 0.3) is 0 Å². The van der Waals surface area contributed by atoms with Gasteiger partial charge in [0.2, 0.25) is 5.78 Å². The first-order valence-corrected chi connectivity index (χ1v) is 7.39. The molecule has 134 valence electrons. The SMILES string of the molecule is O=C(CNC(=O)Oc1ccccc1)OCC(=O)c1cccc([N+](=O)[O-])c1. The number of amides is 1. The zero-order chi connectivity index (χ0) is 18.9. The van der Waals surface area contributed by atoms with Crippen LogP contribution in [-0.2, 0) is 9.53 Å². The number of para-hydroxylation sites is 1. The minimum absolute atomic E-state index is 0.0449. The third-order valence-electron chi connectivity index (χ3n) is 3.07. The number of non-ortho nitro benzene ring substituents is 1. The molecule has 0 saturated carbocycles. The molecule has 0 aliphatic rings. The molecule has 0 fully saturated rings. The third-order valence-corrected chi connectivity index (χ3v) is 3.07. The Morgan fingerprint density at radius 3 is 2.46 bits per heavy atom. The molecule has 0 unspecified atom stereocenters. The van der Waals surface area contributed by atoms with E-state index in [4.69, 9.17) is 9.47 Å². The molecule has 0 atom stereocenters. The average molecular weight is 358 g/mol. The first-order chi connectivity index (χ1) is 12.5. The minimum atomic E-state index is -0.853. The standard InChI is InChI=1S/C17H14N2O7/c20-15(12-5-4-6-13(9-12)19(23)24)11-25-16(21)10-18-17(22)26-14-7-2-1-3-8-14/h1-9H,10-11H2,(H,18,22). The summed E-state index contributed by atoms with van der Waals surface area (Å²) in [6, 6.07) is 13.3. The summed E-state index contributed by atoms with van der Waals surface area (Å²) in [4.78, 5) is 45.0. The number of benzene rings is 2. The number of nitrogens with zero attached hydrogens (tertiary/aromatic N) is 1. The summed E-state index contributed by atoms with van der Waals surface area (Å²) >= 11 is 0. The summed E-state index contributed by atoms with van der Waals surface area (Å²) < 4.78 is 9.64. The highest BCUT2D eigenvalue weighted by molar-refractivity contribution is 5.98. The minimum Gasteiger partial charge on any atom is -0.456 e. The summed E-state index contributed by atoms with van der Waals surface area (Å²) in [6.45, 7) is -1.09. The molecule has 0 radical (unpaired) electrons. The maximum Gasteiger partial charge on any atom is 0.413 e. The number of nitro benzene ring substituents is 1. The number of carbonyl (C=O) groups excluding carboxylic acids is 3. The lowest BCUT2D eigenvalue weighted by molar-refractivity contribution is -0.384. The molecular weight excluding hydrogens is 344 g/mol. The number of ketones is 1. The Balaban J connectivity index is 1.76. The van der Waals surface area contributed by atoms with Crippen molar-refractivity contribution in [3.05, 3.63) is 70.3 Å². The van der Waals surface area contributed by atoms with E-state index in [2.05, 4.69) is 5.32 Å². The fraction of sp³-hybridized carbons (Fsp3) is 0.118. The first-order valence-electron chi connectivity index (χ1n) is 7.39. The van der Waals surface area contributed by atoms with Crippen molar-refractivity contribution in [3.63, 3.8) is 0 Å². The zero-order valence-corrected chi connectivity index (χ0v) is 13.4. The number of ether oxygens (including phenoxy) is 2. The van der Waals surface area contributed by atoms with E-state index < -0.39 is 35.9 Å². The lowest BCUT2D eigenvalue weighted by atomic mass is 10.1. The summed E-state index contributed by atoms with van der Waals surface area (Å²) in [6.07, 6.45) is -0.849. The molecule has 0 heterocycles. The third kappa shape index (κ3) is 5.71. The van der Waals surface area contributed by atoms with Crippen LogP contribution < -0.4 is 10.1 Å². The van der Waals surface area contributed by atoms with Crippen LogP contribution in [0.3, 0.4) is 0 Å². The van der Waals surface area contributed by atoms with Crippen molar-refractivity contribution in [2.45, 2.75) is 0 Å². The van der Waals surface area contributed by atoms with E-state index >= 15 is 0 Å². The highest BCUT2D eigenvalue weighted by atomic mass is 16.6. The van der Waals surface area contributed by atoms with Gasteiger partial charge in [0.05, 0.1) is 4.92 Å². The molecule has 26 heavy (non-hydrogen) atoms. The van der Waals surface area contributed by atoms with E-state index in [1.54, 1.807) is 30.3 Å². The van der Waals surface area contributed by atoms with E-state index in [1.165, 1.54) is 18.2 Å². The number of esters is 1. The van der Waals surface area contributed by atoms with Gasteiger partial charge in [-0.25, -0.2) is 4.79 Å². The summed E-state index contributed by atoms with van der Waals surface area (Å²) in [7, 11) is 0. The topological polar surface area (TPSA) is 125 Å². The summed E-state index contributed by atoms with van der Waals surface area (Å²) in [5.41, 5.74) is -0.198. The van der Waals surface area contributed by atoms with Gasteiger partial charge in [0.25, 0.3) is 5.69 Å². The Kier molecular flexibility index (Phi) is 6.38. The summed E-state index contributed by atoms with van der Waals surface area (Å²) in [5, 5.41) is 12.9. The van der Waals surface area contributed by atoms with Gasteiger partial charge < -0.3 is 14.8 Å². The van der Waals surface area contributed by atoms with E-state index in [0.717, 1.165) is 6.07 Å². The van der Waals surface area contributed by atoms with Crippen molar-refractivity contribution >= 4 is 23.5 Å². The van der Waals surface area contributed by atoms with E-state index in [0.29, 0.717) is 5.75 Å². The van der Waals surface area contributed by atoms with Gasteiger partial charge in [-0.15, -0.1) is 0 Å². The number of Topliss-reactive ketones (excluding diaryl/α,β-unsaturated/α-hetero) is 1. The predicted molar refractivity (Wildman–Crippen MR) is 88.9 cm³/mol. The monoisotopic (exact) mass is 358 g/mol. The summed E-state index contributed by atoms with van der Waals surface area (Å²) in [5.74, 6) is -1.15. The van der Waals surface area contributed by atoms with E-state index in [1.807, 2.05) is 0 Å². The van der Waals surface area contributed by atoms with Crippen LogP contribution in [0.4, 0.5) is 10.5 Å². The molecule has 0 aliphatic carbocycles. The van der Waals surface area contributed by atoms with Gasteiger partial charge in [-0.3, -0.25) is 19.7 Å². The van der Waals surface area contributed by atoms with Crippen molar-refractivity contribution < 1.29 is 28.8 Å². The molecule has 0 bridgehead atoms. The van der Waals surface area contributed by atoms with Crippen LogP contribution in [0, 0.1) is 10.1 Å². The molecule has 2 rings (SSSR count). The molecule has 0 spiro atoms. The second kappa shape index (κ2) is 8.92. The lowest BCUT2D eigenvalue weighted by Crippen LogP contribution is -2.33. The zero-order valence-electron chi connectivity index (χ0n) is 13.4. The first kappa shape index (κ1) is 18.6. The number of nitrogens with one attached hydrogen (secondary N) is 1. The molecule has 0 aliphatic heterocycles. The van der Waals surface area contributed by atoms with Gasteiger partial charge in [0.1, 0.15) is 12.3 Å². The van der Waals surface area contributed by atoms with Crippen LogP contribution in [0.2, 0.25) is 0 Å². The molecule has 1 amide bonds. The maximum absolute atomic E-state index is 11.9. The Morgan fingerprint density at radius 1 is 1.04 bits per heavy atom. The fourth-order valence-electron chi connectivity index (χ4n) is 1.85. The molecular formula is C17H14N2O7. The molecule has 0 saturated heterocycles. The van der Waals surface area contributed by atoms with E-state index in [9.17, 15) is 24.5 Å². The average Bonchev–Trinajstić information content (AvgIpc) is 2.65. The number of carbonyl (C=O) groups is 3. The van der Waals surface area contributed by atoms with Gasteiger partial charge in [-0.2, -0.15) is 0 Å². The van der Waals surface area contributed by atoms with Crippen LogP contribution in [-0.4, -0.2) is 35.9 Å². The van der Waals surface area contributed by atoms with Gasteiger partial charge in [-0.1, -0.05) is 30.3 Å².